The van der Waals surface area contributed by atoms with Gasteiger partial charge < -0.3 is 30.4 Å². The Morgan fingerprint density at radius 1 is 1.12 bits per heavy atom. The van der Waals surface area contributed by atoms with Crippen molar-refractivity contribution in [1.82, 2.24) is 14.8 Å². The summed E-state index contributed by atoms with van der Waals surface area (Å²) in [5.74, 6) is 1.57. The Bertz CT molecular complexity index is 1210. The van der Waals surface area contributed by atoms with Crippen LogP contribution < -0.4 is 25.3 Å². The van der Waals surface area contributed by atoms with Gasteiger partial charge >= 0.3 is 0 Å². The number of nitrogens with two attached hydrogens (primary N) is 1. The van der Waals surface area contributed by atoms with Gasteiger partial charge in [-0.1, -0.05) is 12.1 Å². The lowest BCUT2D eigenvalue weighted by Gasteiger charge is -2.28. The maximum absolute atomic E-state index is 12.5. The average molecular weight is 437 g/mol. The molecule has 2 heterocycles. The molecular weight excluding hydrogens is 414 g/mol. The maximum atomic E-state index is 12.5. The number of aromatic hydroxyl groups is 1. The molecule has 166 valence electrons. The number of nitrogens with zero attached hydrogens (tertiary/aromatic N) is 3. The van der Waals surface area contributed by atoms with Gasteiger partial charge in [-0.05, 0) is 36.8 Å². The summed E-state index contributed by atoms with van der Waals surface area (Å²) >= 11 is 0. The molecule has 10 heteroatoms. The van der Waals surface area contributed by atoms with Gasteiger partial charge in [0.25, 0.3) is 0 Å². The summed E-state index contributed by atoms with van der Waals surface area (Å²) in [4.78, 5) is 17.0. The van der Waals surface area contributed by atoms with Crippen LogP contribution >= 0.6 is 0 Å². The summed E-state index contributed by atoms with van der Waals surface area (Å²) in [6.07, 6.45) is 0. The number of methoxy groups -OCH3 is 3. The molecule has 0 fully saturated rings. The number of phenols is 1. The lowest BCUT2D eigenvalue weighted by molar-refractivity contribution is -0.115. The van der Waals surface area contributed by atoms with Gasteiger partial charge in [0.1, 0.15) is 11.8 Å². The van der Waals surface area contributed by atoms with Crippen LogP contribution in [-0.4, -0.2) is 47.1 Å². The molecule has 1 aliphatic rings. The first-order chi connectivity index (χ1) is 15.4. The summed E-state index contributed by atoms with van der Waals surface area (Å²) in [5.41, 5.74) is 7.89. The van der Waals surface area contributed by atoms with Crippen molar-refractivity contribution < 1.29 is 24.1 Å². The number of amides is 1. The molecule has 32 heavy (non-hydrogen) atoms. The summed E-state index contributed by atoms with van der Waals surface area (Å²) in [6.45, 7) is 1.75. The van der Waals surface area contributed by atoms with Gasteiger partial charge in [0, 0.05) is 11.3 Å². The predicted molar refractivity (Wildman–Crippen MR) is 117 cm³/mol. The minimum Gasteiger partial charge on any atom is -0.508 e. The first kappa shape index (κ1) is 21.0. The van der Waals surface area contributed by atoms with E-state index in [0.717, 1.165) is 0 Å². The Morgan fingerprint density at radius 3 is 2.38 bits per heavy atom. The van der Waals surface area contributed by atoms with Crippen LogP contribution in [0.5, 0.6) is 23.0 Å². The Hall–Kier alpha value is -4.21. The second-order valence-corrected chi connectivity index (χ2v) is 7.14. The average Bonchev–Trinajstić information content (AvgIpc) is 3.20. The summed E-state index contributed by atoms with van der Waals surface area (Å²) < 4.78 is 18.0. The van der Waals surface area contributed by atoms with Crippen molar-refractivity contribution in [3.05, 3.63) is 53.2 Å². The highest BCUT2D eigenvalue weighted by Crippen LogP contribution is 2.44. The first-order valence-electron chi connectivity index (χ1n) is 9.71. The summed E-state index contributed by atoms with van der Waals surface area (Å²) in [6, 6.07) is 9.40. The van der Waals surface area contributed by atoms with Gasteiger partial charge in [-0.3, -0.25) is 4.79 Å². The fourth-order valence-corrected chi connectivity index (χ4v) is 3.80. The molecule has 0 bridgehead atoms. The molecule has 4 rings (SSSR count). The molecule has 1 aromatic heterocycles. The summed E-state index contributed by atoms with van der Waals surface area (Å²) in [5, 5.41) is 17.6. The third kappa shape index (κ3) is 3.45. The highest BCUT2D eigenvalue weighted by molar-refractivity contribution is 5.95. The van der Waals surface area contributed by atoms with E-state index in [1.807, 2.05) is 0 Å². The largest absolute Gasteiger partial charge is 0.508 e. The molecule has 0 radical (unpaired) electrons. The van der Waals surface area contributed by atoms with Crippen molar-refractivity contribution in [2.24, 2.45) is 5.73 Å². The van der Waals surface area contributed by atoms with Crippen LogP contribution in [0.15, 0.2) is 47.7 Å². The van der Waals surface area contributed by atoms with Gasteiger partial charge in [-0.15, -0.1) is 5.10 Å². The number of hydrogen-bond acceptors (Lipinski definition) is 8. The zero-order valence-electron chi connectivity index (χ0n) is 18.0. The zero-order chi connectivity index (χ0) is 23.0. The fraction of sp³-hybridized carbons (Fsp3) is 0.227. The third-order valence-corrected chi connectivity index (χ3v) is 5.23. The maximum Gasteiger partial charge on any atom is 0.248 e. The number of anilines is 1. The van der Waals surface area contributed by atoms with Crippen molar-refractivity contribution >= 4 is 11.9 Å². The van der Waals surface area contributed by atoms with Gasteiger partial charge in [0.15, 0.2) is 17.3 Å². The molecule has 0 saturated heterocycles. The molecule has 1 amide bonds. The Morgan fingerprint density at radius 2 is 1.81 bits per heavy atom. The molecule has 2 aromatic carbocycles. The molecule has 4 N–H and O–H groups in total. The van der Waals surface area contributed by atoms with E-state index < -0.39 is 11.9 Å². The molecule has 10 nitrogen and oxygen atoms in total. The fourth-order valence-electron chi connectivity index (χ4n) is 3.80. The van der Waals surface area contributed by atoms with E-state index in [0.29, 0.717) is 51.4 Å². The van der Waals surface area contributed by atoms with Crippen molar-refractivity contribution in [2.45, 2.75) is 13.0 Å². The van der Waals surface area contributed by atoms with Crippen molar-refractivity contribution in [3.8, 4) is 34.4 Å². The van der Waals surface area contributed by atoms with Crippen LogP contribution in [0.25, 0.3) is 11.4 Å². The number of allylic oxidation sites excluding steroid dienone is 1. The number of carbonyl (C=O) groups is 1. The van der Waals surface area contributed by atoms with E-state index >= 15 is 0 Å². The molecule has 0 aliphatic carbocycles. The number of hydrogen-bond donors (Lipinski definition) is 3. The predicted octanol–water partition coefficient (Wildman–Crippen LogP) is 2.45. The number of ether oxygens (including phenoxy) is 3. The van der Waals surface area contributed by atoms with E-state index in [-0.39, 0.29) is 5.75 Å². The number of phenolic OH excluding ortho intramolecular Hbond substituents is 1. The number of aromatic nitrogens is 3. The van der Waals surface area contributed by atoms with Gasteiger partial charge in [0.05, 0.1) is 26.9 Å². The van der Waals surface area contributed by atoms with Crippen LogP contribution in [0.2, 0.25) is 0 Å². The Labute approximate surface area is 184 Å². The molecule has 0 spiro atoms. The second kappa shape index (κ2) is 8.14. The molecule has 1 atom stereocenters. The van der Waals surface area contributed by atoms with E-state index in [2.05, 4.69) is 15.4 Å². The Kier molecular flexibility index (Phi) is 5.35. The van der Waals surface area contributed by atoms with Crippen molar-refractivity contribution in [1.29, 1.82) is 0 Å². The third-order valence-electron chi connectivity index (χ3n) is 5.23. The molecule has 1 unspecified atom stereocenters. The van der Waals surface area contributed by atoms with E-state index in [4.69, 9.17) is 19.9 Å². The van der Waals surface area contributed by atoms with Crippen LogP contribution in [0.4, 0.5) is 5.95 Å². The minimum absolute atomic E-state index is 0.0940. The first-order valence-corrected chi connectivity index (χ1v) is 9.71. The van der Waals surface area contributed by atoms with Crippen LogP contribution in [0, 0.1) is 0 Å². The van der Waals surface area contributed by atoms with Crippen molar-refractivity contribution in [3.63, 3.8) is 0 Å². The standard InChI is InChI=1S/C22H23N5O5/c1-11-17(20(23)29)18(13-9-15(30-2)19(32-4)16(10-13)31-3)27-22(24-11)25-21(26-27)12-6-5-7-14(28)8-12/h5-10,18,28H,1-4H3,(H2,23,29)(H,24,25,26). The normalized spacial score (nSPS) is 15.1. The lowest BCUT2D eigenvalue weighted by atomic mass is 9.94. The zero-order valence-corrected chi connectivity index (χ0v) is 18.0. The van der Waals surface area contributed by atoms with Gasteiger partial charge in [-0.2, -0.15) is 4.98 Å². The number of rotatable bonds is 6. The highest BCUT2D eigenvalue weighted by atomic mass is 16.5. The van der Waals surface area contributed by atoms with Crippen LogP contribution in [0.3, 0.4) is 0 Å². The van der Waals surface area contributed by atoms with Crippen LogP contribution in [-0.2, 0) is 4.79 Å². The quantitative estimate of drug-likeness (QED) is 0.535. The van der Waals surface area contributed by atoms with Crippen molar-refractivity contribution in [2.75, 3.05) is 26.6 Å². The van der Waals surface area contributed by atoms with Gasteiger partial charge in [-0.25, -0.2) is 4.68 Å². The summed E-state index contributed by atoms with van der Waals surface area (Å²) in [7, 11) is 4.54. The van der Waals surface area contributed by atoms with E-state index in [1.165, 1.54) is 21.3 Å². The second-order valence-electron chi connectivity index (χ2n) is 7.14. The monoisotopic (exact) mass is 437 g/mol. The minimum atomic E-state index is -0.698. The Balaban J connectivity index is 1.93. The topological polar surface area (TPSA) is 134 Å². The number of fused-ring (bicyclic) bond motifs is 1. The molecular formula is C22H23N5O5. The van der Waals surface area contributed by atoms with E-state index in [9.17, 15) is 9.90 Å². The number of nitrogens with one attached hydrogen (secondary N) is 1. The van der Waals surface area contributed by atoms with Gasteiger partial charge in [0.2, 0.25) is 17.6 Å². The number of benzene rings is 2. The highest BCUT2D eigenvalue weighted by Gasteiger charge is 2.34. The number of primary amides is 1. The smallest absolute Gasteiger partial charge is 0.248 e. The molecule has 1 aliphatic heterocycles. The SMILES string of the molecule is COc1cc(C2C(C(N)=O)=C(C)Nc3nc(-c4cccc(O)c4)nn32)cc(OC)c1OC. The number of carbonyl (C=O) groups excluding carboxylic acids is 1. The van der Waals surface area contributed by atoms with E-state index in [1.54, 1.807) is 48.0 Å². The lowest BCUT2D eigenvalue weighted by Crippen LogP contribution is -2.31. The molecule has 0 saturated carbocycles. The van der Waals surface area contributed by atoms with Crippen LogP contribution in [0.1, 0.15) is 18.5 Å². The molecule has 3 aromatic rings.